The average molecular weight is 415 g/mol. The van der Waals surface area contributed by atoms with E-state index in [9.17, 15) is 4.79 Å². The van der Waals surface area contributed by atoms with Crippen LogP contribution in [0, 0.1) is 0 Å². The zero-order valence-corrected chi connectivity index (χ0v) is 17.0. The van der Waals surface area contributed by atoms with Crippen LogP contribution in [0.2, 0.25) is 0 Å². The standard InChI is InChI=1S/C23H21N5O3/c1-2-28-19(12-13-24-28)23(29)27-14-17(15-27)30-20-11-7-6-10-18(20)22-25-21(26-31-22)16-8-4-3-5-9-16/h3-13,17H,2,14-15H2,1H3. The van der Waals surface area contributed by atoms with E-state index in [1.165, 1.54) is 0 Å². The molecule has 156 valence electrons. The number of rotatable bonds is 6. The summed E-state index contributed by atoms with van der Waals surface area (Å²) in [6, 6.07) is 19.0. The molecular weight excluding hydrogens is 394 g/mol. The van der Waals surface area contributed by atoms with E-state index < -0.39 is 0 Å². The van der Waals surface area contributed by atoms with Gasteiger partial charge in [-0.1, -0.05) is 47.6 Å². The Hall–Kier alpha value is -3.94. The molecular formula is C23H21N5O3. The SMILES string of the molecule is CCn1nccc1C(=O)N1CC(Oc2ccccc2-c2nc(-c3ccccc3)no2)C1. The third-order valence-electron chi connectivity index (χ3n) is 5.24. The van der Waals surface area contributed by atoms with Crippen LogP contribution < -0.4 is 4.74 Å². The molecule has 0 radical (unpaired) electrons. The highest BCUT2D eigenvalue weighted by molar-refractivity contribution is 5.93. The van der Waals surface area contributed by atoms with Gasteiger partial charge in [0.25, 0.3) is 11.8 Å². The summed E-state index contributed by atoms with van der Waals surface area (Å²) in [6.45, 7) is 3.65. The van der Waals surface area contributed by atoms with Gasteiger partial charge >= 0.3 is 0 Å². The molecule has 2 aromatic carbocycles. The first-order valence-electron chi connectivity index (χ1n) is 10.2. The van der Waals surface area contributed by atoms with Crippen LogP contribution in [0.5, 0.6) is 5.75 Å². The molecule has 31 heavy (non-hydrogen) atoms. The maximum Gasteiger partial charge on any atom is 0.272 e. The fourth-order valence-electron chi connectivity index (χ4n) is 3.57. The van der Waals surface area contributed by atoms with Crippen molar-refractivity contribution in [2.45, 2.75) is 19.6 Å². The summed E-state index contributed by atoms with van der Waals surface area (Å²) in [5.74, 6) is 1.55. The minimum Gasteiger partial charge on any atom is -0.486 e. The van der Waals surface area contributed by atoms with Crippen molar-refractivity contribution in [3.05, 3.63) is 72.6 Å². The first kappa shape index (κ1) is 19.0. The Balaban J connectivity index is 1.28. The molecule has 1 aliphatic rings. The topological polar surface area (TPSA) is 86.3 Å². The first-order valence-corrected chi connectivity index (χ1v) is 10.2. The van der Waals surface area contributed by atoms with Gasteiger partial charge in [0.15, 0.2) is 0 Å². The van der Waals surface area contributed by atoms with Crippen molar-refractivity contribution in [2.24, 2.45) is 0 Å². The van der Waals surface area contributed by atoms with Crippen LogP contribution in [0.3, 0.4) is 0 Å². The van der Waals surface area contributed by atoms with Gasteiger partial charge in [0, 0.05) is 18.3 Å². The van der Waals surface area contributed by atoms with Crippen LogP contribution in [0.1, 0.15) is 17.4 Å². The maximum absolute atomic E-state index is 12.7. The van der Waals surface area contributed by atoms with Gasteiger partial charge in [0.1, 0.15) is 17.5 Å². The Morgan fingerprint density at radius 1 is 1.10 bits per heavy atom. The third-order valence-corrected chi connectivity index (χ3v) is 5.24. The first-order chi connectivity index (χ1) is 15.2. The summed E-state index contributed by atoms with van der Waals surface area (Å²) in [7, 11) is 0. The number of aromatic nitrogens is 4. The van der Waals surface area contributed by atoms with Crippen molar-refractivity contribution in [3.63, 3.8) is 0 Å². The minimum absolute atomic E-state index is 0.0307. The maximum atomic E-state index is 12.7. The highest BCUT2D eigenvalue weighted by atomic mass is 16.5. The Labute approximate surface area is 179 Å². The molecule has 0 saturated carbocycles. The molecule has 0 aliphatic carbocycles. The zero-order valence-electron chi connectivity index (χ0n) is 17.0. The lowest BCUT2D eigenvalue weighted by atomic mass is 10.1. The lowest BCUT2D eigenvalue weighted by Gasteiger charge is -2.39. The van der Waals surface area contributed by atoms with Crippen LogP contribution >= 0.6 is 0 Å². The van der Waals surface area contributed by atoms with Gasteiger partial charge in [-0.25, -0.2) is 0 Å². The second-order valence-corrected chi connectivity index (χ2v) is 7.27. The Kier molecular flexibility index (Phi) is 4.95. The summed E-state index contributed by atoms with van der Waals surface area (Å²) in [4.78, 5) is 19.0. The van der Waals surface area contributed by atoms with Crippen LogP contribution in [0.15, 0.2) is 71.4 Å². The number of aryl methyl sites for hydroxylation is 1. The predicted molar refractivity (Wildman–Crippen MR) is 113 cm³/mol. The molecule has 0 spiro atoms. The highest BCUT2D eigenvalue weighted by Gasteiger charge is 2.34. The van der Waals surface area contributed by atoms with E-state index >= 15 is 0 Å². The molecule has 0 N–H and O–H groups in total. The molecule has 5 rings (SSSR count). The third kappa shape index (κ3) is 3.68. The number of benzene rings is 2. The number of nitrogens with zero attached hydrogens (tertiary/aromatic N) is 5. The van der Waals surface area contributed by atoms with Crippen molar-refractivity contribution in [1.29, 1.82) is 0 Å². The van der Waals surface area contributed by atoms with Crippen LogP contribution in [0.25, 0.3) is 22.8 Å². The van der Waals surface area contributed by atoms with Gasteiger partial charge in [0.2, 0.25) is 5.82 Å². The fraction of sp³-hybridized carbons (Fsp3) is 0.217. The molecule has 3 heterocycles. The fourth-order valence-corrected chi connectivity index (χ4v) is 3.57. The van der Waals surface area contributed by atoms with Crippen molar-refractivity contribution >= 4 is 5.91 Å². The van der Waals surface area contributed by atoms with Crippen molar-refractivity contribution < 1.29 is 14.1 Å². The largest absolute Gasteiger partial charge is 0.486 e. The monoisotopic (exact) mass is 415 g/mol. The number of amides is 1. The molecule has 0 bridgehead atoms. The molecule has 1 aliphatic heterocycles. The smallest absolute Gasteiger partial charge is 0.272 e. The number of carbonyl (C=O) groups is 1. The number of carbonyl (C=O) groups excluding carboxylic acids is 1. The molecule has 1 amide bonds. The molecule has 1 fully saturated rings. The van der Waals surface area contributed by atoms with Crippen LogP contribution in [-0.4, -0.2) is 49.9 Å². The van der Waals surface area contributed by atoms with Gasteiger partial charge in [0.05, 0.1) is 18.7 Å². The molecule has 1 saturated heterocycles. The van der Waals surface area contributed by atoms with E-state index in [1.54, 1.807) is 21.8 Å². The van der Waals surface area contributed by atoms with Crippen molar-refractivity contribution in [2.75, 3.05) is 13.1 Å². The average Bonchev–Trinajstić information content (AvgIpc) is 3.46. The van der Waals surface area contributed by atoms with E-state index in [4.69, 9.17) is 9.26 Å². The molecule has 0 atom stereocenters. The molecule has 8 heteroatoms. The van der Waals surface area contributed by atoms with Gasteiger partial charge in [-0.2, -0.15) is 10.1 Å². The normalized spacial score (nSPS) is 13.8. The number of para-hydroxylation sites is 1. The van der Waals surface area contributed by atoms with E-state index in [0.29, 0.717) is 42.8 Å². The summed E-state index contributed by atoms with van der Waals surface area (Å²) >= 11 is 0. The number of hydrogen-bond acceptors (Lipinski definition) is 6. The second kappa shape index (κ2) is 8.06. The van der Waals surface area contributed by atoms with Gasteiger partial charge < -0.3 is 14.2 Å². The number of hydrogen-bond donors (Lipinski definition) is 0. The van der Waals surface area contributed by atoms with E-state index in [-0.39, 0.29) is 12.0 Å². The second-order valence-electron chi connectivity index (χ2n) is 7.27. The van der Waals surface area contributed by atoms with E-state index in [0.717, 1.165) is 11.1 Å². The summed E-state index contributed by atoms with van der Waals surface area (Å²) in [5.41, 5.74) is 2.21. The molecule has 4 aromatic rings. The Morgan fingerprint density at radius 2 is 1.87 bits per heavy atom. The number of likely N-dealkylation sites (tertiary alicyclic amines) is 1. The zero-order chi connectivity index (χ0) is 21.2. The quantitative estimate of drug-likeness (QED) is 0.479. The van der Waals surface area contributed by atoms with Crippen molar-refractivity contribution in [1.82, 2.24) is 24.8 Å². The van der Waals surface area contributed by atoms with Crippen LogP contribution in [-0.2, 0) is 6.54 Å². The molecule has 0 unspecified atom stereocenters. The highest BCUT2D eigenvalue weighted by Crippen LogP contribution is 2.32. The van der Waals surface area contributed by atoms with Crippen molar-refractivity contribution in [3.8, 4) is 28.6 Å². The Bertz CT molecular complexity index is 1190. The van der Waals surface area contributed by atoms with E-state index in [1.807, 2.05) is 61.5 Å². The van der Waals surface area contributed by atoms with Gasteiger partial charge in [-0.3, -0.25) is 9.48 Å². The van der Waals surface area contributed by atoms with E-state index in [2.05, 4.69) is 15.2 Å². The van der Waals surface area contributed by atoms with Gasteiger partial charge in [-0.05, 0) is 25.1 Å². The number of ether oxygens (including phenoxy) is 1. The molecule has 2 aromatic heterocycles. The van der Waals surface area contributed by atoms with Gasteiger partial charge in [-0.15, -0.1) is 0 Å². The lowest BCUT2D eigenvalue weighted by Crippen LogP contribution is -2.56. The predicted octanol–water partition coefficient (Wildman–Crippen LogP) is 3.52. The summed E-state index contributed by atoms with van der Waals surface area (Å²) < 4.78 is 13.4. The minimum atomic E-state index is -0.0976. The van der Waals surface area contributed by atoms with Crippen LogP contribution in [0.4, 0.5) is 0 Å². The summed E-state index contributed by atoms with van der Waals surface area (Å²) in [5, 5.41) is 8.26. The molecule has 8 nitrogen and oxygen atoms in total. The lowest BCUT2D eigenvalue weighted by molar-refractivity contribution is 0.0170. The summed E-state index contributed by atoms with van der Waals surface area (Å²) in [6.07, 6.45) is 1.55. The Morgan fingerprint density at radius 3 is 2.68 bits per heavy atom.